The van der Waals surface area contributed by atoms with Crippen LogP contribution < -0.4 is 10.8 Å². The summed E-state index contributed by atoms with van der Waals surface area (Å²) >= 11 is 4.32. The van der Waals surface area contributed by atoms with Crippen LogP contribution in [0.25, 0.3) is 0 Å². The van der Waals surface area contributed by atoms with Crippen LogP contribution >= 0.6 is 12.6 Å². The van der Waals surface area contributed by atoms with E-state index in [0.717, 1.165) is 48.9 Å². The first kappa shape index (κ1) is 13.5. The monoisotopic (exact) mass is 268 g/mol. The van der Waals surface area contributed by atoms with E-state index in [1.165, 1.54) is 0 Å². The van der Waals surface area contributed by atoms with Crippen molar-refractivity contribution >= 4 is 24.0 Å². The molecule has 5 heteroatoms. The Morgan fingerprint density at radius 3 is 2.83 bits per heavy atom. The van der Waals surface area contributed by atoms with Gasteiger partial charge in [0.15, 0.2) is 0 Å². The van der Waals surface area contributed by atoms with Gasteiger partial charge >= 0.3 is 0 Å². The Hall–Kier alpha value is -0.910. The summed E-state index contributed by atoms with van der Waals surface area (Å²) in [6, 6.07) is 5.93. The molecule has 100 valence electrons. The molecule has 1 aliphatic rings. The van der Waals surface area contributed by atoms with Gasteiger partial charge in [-0.05, 0) is 37.0 Å². The highest BCUT2D eigenvalue weighted by molar-refractivity contribution is 7.80. The van der Waals surface area contributed by atoms with E-state index in [9.17, 15) is 0 Å². The van der Waals surface area contributed by atoms with Crippen molar-refractivity contribution in [3.63, 3.8) is 0 Å². The van der Waals surface area contributed by atoms with Gasteiger partial charge in [0.1, 0.15) is 0 Å². The summed E-state index contributed by atoms with van der Waals surface area (Å²) in [4.78, 5) is 5.88. The molecule has 1 aromatic rings. The Morgan fingerprint density at radius 1 is 1.33 bits per heavy atom. The van der Waals surface area contributed by atoms with E-state index in [-0.39, 0.29) is 0 Å². The molecule has 0 spiro atoms. The Bertz CT molecular complexity index is 381. The van der Waals surface area contributed by atoms with Gasteiger partial charge in [-0.3, -0.25) is 10.3 Å². The molecule has 0 bridgehead atoms. The van der Waals surface area contributed by atoms with Crippen LogP contribution in [0.4, 0.5) is 11.4 Å². The smallest absolute Gasteiger partial charge is 0.0846 e. The van der Waals surface area contributed by atoms with E-state index >= 15 is 0 Å². The lowest BCUT2D eigenvalue weighted by Gasteiger charge is -2.23. The molecule has 1 aliphatic heterocycles. The summed E-state index contributed by atoms with van der Waals surface area (Å²) in [6.07, 6.45) is 2.26. The number of benzene rings is 1. The molecule has 0 saturated carbocycles. The molecule has 1 heterocycles. The van der Waals surface area contributed by atoms with Crippen LogP contribution in [0.2, 0.25) is 0 Å². The minimum Gasteiger partial charge on any atom is -0.383 e. The third-order valence-electron chi connectivity index (χ3n) is 3.14. The van der Waals surface area contributed by atoms with Crippen LogP contribution in [-0.2, 0) is 9.57 Å². The second kappa shape index (κ2) is 6.87. The van der Waals surface area contributed by atoms with Crippen LogP contribution in [0.1, 0.15) is 12.8 Å². The molecule has 0 radical (unpaired) electrons. The fraction of sp³-hybridized carbons (Fsp3) is 0.538. The number of ether oxygens (including phenoxy) is 1. The number of rotatable bonds is 5. The lowest BCUT2D eigenvalue weighted by molar-refractivity contribution is 0.0699. The fourth-order valence-electron chi connectivity index (χ4n) is 2.09. The Balaban J connectivity index is 1.94. The summed E-state index contributed by atoms with van der Waals surface area (Å²) in [5, 5.41) is 3.46. The van der Waals surface area contributed by atoms with E-state index in [1.54, 1.807) is 7.11 Å². The molecule has 0 unspecified atom stereocenters. The van der Waals surface area contributed by atoms with Crippen molar-refractivity contribution in [2.75, 3.05) is 37.7 Å². The first-order valence-corrected chi connectivity index (χ1v) is 6.68. The average Bonchev–Trinajstić information content (AvgIpc) is 2.39. The van der Waals surface area contributed by atoms with Crippen molar-refractivity contribution < 1.29 is 9.57 Å². The van der Waals surface area contributed by atoms with Gasteiger partial charge in [0, 0.05) is 24.7 Å². The molecule has 4 nitrogen and oxygen atoms in total. The maximum absolute atomic E-state index is 5.36. The predicted molar refractivity (Wildman–Crippen MR) is 76.4 cm³/mol. The molecule has 1 saturated heterocycles. The highest BCUT2D eigenvalue weighted by Gasteiger charge is 2.14. The first-order valence-electron chi connectivity index (χ1n) is 6.23. The molecule has 2 rings (SSSR count). The number of hydrogen-bond donors (Lipinski definition) is 3. The second-order valence-corrected chi connectivity index (χ2v) is 4.99. The zero-order chi connectivity index (χ0) is 12.8. The standard InChI is InChI=1S/C13H20N2O2S/c1-16-15-13-8-11(18)2-3-12(13)14-9-10-4-6-17-7-5-10/h2-3,8,10,14-15,18H,4-7,9H2,1H3. The van der Waals surface area contributed by atoms with Gasteiger partial charge in [-0.2, -0.15) is 0 Å². The van der Waals surface area contributed by atoms with Crippen molar-refractivity contribution in [3.8, 4) is 0 Å². The van der Waals surface area contributed by atoms with Gasteiger partial charge in [0.25, 0.3) is 0 Å². The summed E-state index contributed by atoms with van der Waals surface area (Å²) in [6.45, 7) is 2.73. The quantitative estimate of drug-likeness (QED) is 0.567. The molecule has 1 aromatic carbocycles. The van der Waals surface area contributed by atoms with Crippen molar-refractivity contribution in [1.82, 2.24) is 0 Å². The zero-order valence-electron chi connectivity index (χ0n) is 10.6. The summed E-state index contributed by atoms with van der Waals surface area (Å²) in [5.41, 5.74) is 4.83. The zero-order valence-corrected chi connectivity index (χ0v) is 11.5. The maximum atomic E-state index is 5.36. The van der Waals surface area contributed by atoms with Gasteiger partial charge in [0.2, 0.25) is 0 Å². The summed E-state index contributed by atoms with van der Waals surface area (Å²) in [7, 11) is 1.60. The van der Waals surface area contributed by atoms with Crippen LogP contribution in [0.5, 0.6) is 0 Å². The molecular formula is C13H20N2O2S. The van der Waals surface area contributed by atoms with Crippen LogP contribution in [0.15, 0.2) is 23.1 Å². The lowest BCUT2D eigenvalue weighted by atomic mass is 10.0. The van der Waals surface area contributed by atoms with Gasteiger partial charge < -0.3 is 10.1 Å². The van der Waals surface area contributed by atoms with Crippen molar-refractivity contribution in [2.24, 2.45) is 5.92 Å². The van der Waals surface area contributed by atoms with E-state index in [0.29, 0.717) is 5.92 Å². The fourth-order valence-corrected chi connectivity index (χ4v) is 2.29. The van der Waals surface area contributed by atoms with Gasteiger partial charge in [-0.1, -0.05) is 0 Å². The molecule has 0 amide bonds. The minimum atomic E-state index is 0.685. The van der Waals surface area contributed by atoms with Gasteiger partial charge in [-0.25, -0.2) is 0 Å². The largest absolute Gasteiger partial charge is 0.383 e. The third-order valence-corrected chi connectivity index (χ3v) is 3.42. The van der Waals surface area contributed by atoms with E-state index in [2.05, 4.69) is 23.4 Å². The topological polar surface area (TPSA) is 42.5 Å². The molecule has 0 aromatic heterocycles. The molecule has 18 heavy (non-hydrogen) atoms. The minimum absolute atomic E-state index is 0.685. The predicted octanol–water partition coefficient (Wildman–Crippen LogP) is 2.79. The van der Waals surface area contributed by atoms with Crippen LogP contribution in [-0.4, -0.2) is 26.9 Å². The SMILES string of the molecule is CONc1cc(S)ccc1NCC1CCOCC1. The second-order valence-electron chi connectivity index (χ2n) is 4.47. The maximum Gasteiger partial charge on any atom is 0.0846 e. The lowest BCUT2D eigenvalue weighted by Crippen LogP contribution is -2.22. The third kappa shape index (κ3) is 3.80. The number of anilines is 2. The van der Waals surface area contributed by atoms with Crippen molar-refractivity contribution in [2.45, 2.75) is 17.7 Å². The van der Waals surface area contributed by atoms with Gasteiger partial charge in [-0.15, -0.1) is 12.6 Å². The summed E-state index contributed by atoms with van der Waals surface area (Å²) < 4.78 is 5.36. The number of hydrogen-bond acceptors (Lipinski definition) is 5. The average molecular weight is 268 g/mol. The Morgan fingerprint density at radius 2 is 2.11 bits per heavy atom. The number of thiol groups is 1. The highest BCUT2D eigenvalue weighted by atomic mass is 32.1. The molecular weight excluding hydrogens is 248 g/mol. The first-order chi connectivity index (χ1) is 8.79. The molecule has 1 fully saturated rings. The number of nitrogens with one attached hydrogen (secondary N) is 2. The van der Waals surface area contributed by atoms with E-state index in [1.807, 2.05) is 18.2 Å². The highest BCUT2D eigenvalue weighted by Crippen LogP contribution is 2.26. The van der Waals surface area contributed by atoms with Crippen LogP contribution in [0, 0.1) is 5.92 Å². The normalized spacial score (nSPS) is 16.6. The van der Waals surface area contributed by atoms with Gasteiger partial charge in [0.05, 0.1) is 18.5 Å². The van der Waals surface area contributed by atoms with Crippen molar-refractivity contribution in [3.05, 3.63) is 18.2 Å². The van der Waals surface area contributed by atoms with E-state index in [4.69, 9.17) is 9.57 Å². The molecule has 2 N–H and O–H groups in total. The molecule has 0 atom stereocenters. The van der Waals surface area contributed by atoms with Crippen molar-refractivity contribution in [1.29, 1.82) is 0 Å². The Labute approximate surface area is 113 Å². The summed E-state index contributed by atoms with van der Waals surface area (Å²) in [5.74, 6) is 0.685. The van der Waals surface area contributed by atoms with Crippen LogP contribution in [0.3, 0.4) is 0 Å². The molecule has 0 aliphatic carbocycles. The Kier molecular flexibility index (Phi) is 5.16. The van der Waals surface area contributed by atoms with E-state index < -0.39 is 0 Å².